The van der Waals surface area contributed by atoms with Crippen LogP contribution in [0.15, 0.2) is 11.6 Å². The zero-order valence-electron chi connectivity index (χ0n) is 42.7. The van der Waals surface area contributed by atoms with E-state index in [1.165, 1.54) is 19.4 Å². The van der Waals surface area contributed by atoms with Crippen LogP contribution in [0.4, 0.5) is 0 Å². The minimum Gasteiger partial charge on any atom is -0.394 e. The van der Waals surface area contributed by atoms with Gasteiger partial charge in [-0.05, 0) is 106 Å². The van der Waals surface area contributed by atoms with E-state index < -0.39 is 148 Å². The molecule has 0 bridgehead atoms. The van der Waals surface area contributed by atoms with E-state index in [2.05, 4.69) is 26.8 Å². The van der Waals surface area contributed by atoms with Crippen LogP contribution in [0.25, 0.3) is 0 Å². The molecule has 22 heteroatoms. The predicted molar refractivity (Wildman–Crippen MR) is 249 cm³/mol. The monoisotopic (exact) mass is 1050 g/mol. The van der Waals surface area contributed by atoms with Gasteiger partial charge in [0.25, 0.3) is 0 Å². The number of hydrogen-bond donors (Lipinski definition) is 13. The first-order chi connectivity index (χ1) is 34.5. The number of ether oxygens (including phenoxy) is 9. The second-order valence-electron chi connectivity index (χ2n) is 23.8. The second-order valence-corrected chi connectivity index (χ2v) is 23.8. The maximum absolute atomic E-state index is 12.1. The lowest BCUT2D eigenvalue weighted by Crippen LogP contribution is -2.66. The third-order valence-corrected chi connectivity index (χ3v) is 19.5. The molecule has 0 spiro atoms. The maximum atomic E-state index is 12.1. The fraction of sp³-hybridized carbons (Fsp3) is 0.961. The standard InChI is InChI=1S/C51H84O22/c1-20(19-65-45-39(60)38(59)35(56)30(17-52)69-45)9-14-51(64)21(2)32-29(73-51)16-28-26-8-7-24-15-25(10-12-49(24,5)27(26)11-13-50(28,32)6)68-48-44(72-47-41(62)37(58)34(55)23(4)67-47)42(63)43(31(18-53)70-48)71-46-40(61)36(57)33(54)22(3)66-46/h7,20-23,25-48,52-64H,8-19H2,1-6H3/t20-,21-,22+,23+,25+,26-,27+,28+,29+,30-,31+,32+,33+,34+,35-,36+,37+,38-,39-,40+,41+,42+,43-,44-,45-,46+,47+,48+,49+,50+,51-/m1/s1. The van der Waals surface area contributed by atoms with Crippen LogP contribution in [0.2, 0.25) is 0 Å². The van der Waals surface area contributed by atoms with E-state index in [0.29, 0.717) is 43.4 Å². The van der Waals surface area contributed by atoms with Crippen LogP contribution in [0.5, 0.6) is 0 Å². The molecular weight excluding hydrogens is 965 g/mol. The summed E-state index contributed by atoms with van der Waals surface area (Å²) < 4.78 is 54.6. The Kier molecular flexibility index (Phi) is 16.9. The molecule has 0 unspecified atom stereocenters. The lowest BCUT2D eigenvalue weighted by molar-refractivity contribution is -0.388. The van der Waals surface area contributed by atoms with Gasteiger partial charge in [0.15, 0.2) is 30.9 Å². The number of allylic oxidation sites excluding steroid dienone is 1. The molecule has 4 aliphatic carbocycles. The maximum Gasteiger partial charge on any atom is 0.187 e. The zero-order chi connectivity index (χ0) is 52.8. The molecule has 9 aliphatic rings. The fourth-order valence-corrected chi connectivity index (χ4v) is 14.9. The minimum absolute atomic E-state index is 0.0589. The molecule has 420 valence electrons. The van der Waals surface area contributed by atoms with Crippen molar-refractivity contribution in [2.75, 3.05) is 19.8 Å². The van der Waals surface area contributed by atoms with Crippen molar-refractivity contribution in [2.45, 2.75) is 240 Å². The number of fused-ring (bicyclic) bond motifs is 7. The van der Waals surface area contributed by atoms with Crippen LogP contribution in [-0.2, 0) is 42.6 Å². The molecular formula is C51H84O22. The SMILES string of the molecule is C[C@H](CC[C@@]1(O)O[C@H]2C[C@H]3[C@@H]4CC=C5C[C@@H](O[C@H]6O[C@@H](CO)[C@@H](O[C@@H]7O[C@@H](C)[C@H](O)[C@H](O)[C@@H]7O)[C@H](O)[C@H]6O[C@@H]6O[C@@H](C)[C@H](O)[C@H](O)[C@@H]6O)CC[C@]5(C)[C@H]4CC[C@]3(C)[C@H]2[C@H]1C)CO[C@@H]1O[C@H](CO)[C@@H](O)[C@@H](O)[C@H]1O. The topological polar surface area (TPSA) is 346 Å². The fourth-order valence-electron chi connectivity index (χ4n) is 14.9. The lowest BCUT2D eigenvalue weighted by atomic mass is 9.47. The van der Waals surface area contributed by atoms with Crippen LogP contribution in [0.3, 0.4) is 0 Å². The van der Waals surface area contributed by atoms with E-state index in [0.717, 1.165) is 32.1 Å². The average Bonchev–Trinajstić information content (AvgIpc) is 3.80. The smallest absolute Gasteiger partial charge is 0.187 e. The van der Waals surface area contributed by atoms with E-state index in [-0.39, 0.29) is 41.3 Å². The van der Waals surface area contributed by atoms with E-state index in [1.807, 2.05) is 6.92 Å². The van der Waals surface area contributed by atoms with Gasteiger partial charge < -0.3 is 109 Å². The highest BCUT2D eigenvalue weighted by atomic mass is 16.8. The minimum atomic E-state index is -1.75. The Bertz CT molecular complexity index is 1900. The number of aliphatic hydroxyl groups is 13. The normalized spacial score (nSPS) is 55.5. The molecule has 73 heavy (non-hydrogen) atoms. The summed E-state index contributed by atoms with van der Waals surface area (Å²) in [5, 5.41) is 139. The van der Waals surface area contributed by atoms with Gasteiger partial charge in [-0.15, -0.1) is 0 Å². The molecule has 22 nitrogen and oxygen atoms in total. The van der Waals surface area contributed by atoms with Crippen molar-refractivity contribution in [2.24, 2.45) is 46.3 Å². The molecule has 5 heterocycles. The average molecular weight is 1050 g/mol. The van der Waals surface area contributed by atoms with E-state index >= 15 is 0 Å². The summed E-state index contributed by atoms with van der Waals surface area (Å²) in [4.78, 5) is 0. The van der Waals surface area contributed by atoms with Gasteiger partial charge in [0, 0.05) is 12.3 Å². The third kappa shape index (κ3) is 10.2. The summed E-state index contributed by atoms with van der Waals surface area (Å²) in [5.74, 6) is -0.232. The van der Waals surface area contributed by atoms with Gasteiger partial charge >= 0.3 is 0 Å². The Morgan fingerprint density at radius 1 is 0.644 bits per heavy atom. The summed E-state index contributed by atoms with van der Waals surface area (Å²) in [6.45, 7) is 10.7. The Morgan fingerprint density at radius 3 is 1.86 bits per heavy atom. The van der Waals surface area contributed by atoms with Crippen LogP contribution in [0, 0.1) is 46.3 Å². The Labute approximate surface area is 426 Å². The highest BCUT2D eigenvalue weighted by Crippen LogP contribution is 2.70. The molecule has 9 rings (SSSR count). The predicted octanol–water partition coefficient (Wildman–Crippen LogP) is -1.98. The Hall–Kier alpha value is -1.14. The highest BCUT2D eigenvalue weighted by Gasteiger charge is 2.68. The molecule has 0 aromatic rings. The largest absolute Gasteiger partial charge is 0.394 e. The second kappa shape index (κ2) is 21.8. The number of rotatable bonds is 14. The molecule has 31 atom stereocenters. The van der Waals surface area contributed by atoms with Crippen LogP contribution >= 0.6 is 0 Å². The van der Waals surface area contributed by atoms with E-state index in [4.69, 9.17) is 42.6 Å². The first-order valence-corrected chi connectivity index (χ1v) is 26.8. The molecule has 5 saturated heterocycles. The quantitative estimate of drug-likeness (QED) is 0.0839. The molecule has 0 aromatic heterocycles. The summed E-state index contributed by atoms with van der Waals surface area (Å²) in [5.41, 5.74) is 1.07. The summed E-state index contributed by atoms with van der Waals surface area (Å²) in [7, 11) is 0. The van der Waals surface area contributed by atoms with Crippen LogP contribution in [0.1, 0.15) is 99.3 Å². The number of aliphatic hydroxyl groups excluding tert-OH is 12. The zero-order valence-corrected chi connectivity index (χ0v) is 42.7. The van der Waals surface area contributed by atoms with E-state index in [1.54, 1.807) is 0 Å². The Balaban J connectivity index is 0.846. The van der Waals surface area contributed by atoms with Gasteiger partial charge in [-0.3, -0.25) is 0 Å². The third-order valence-electron chi connectivity index (χ3n) is 19.5. The molecule has 5 aliphatic heterocycles. The van der Waals surface area contributed by atoms with Gasteiger partial charge in [0.05, 0.1) is 44.2 Å². The van der Waals surface area contributed by atoms with Crippen LogP contribution in [-0.4, -0.2) is 227 Å². The van der Waals surface area contributed by atoms with Crippen molar-refractivity contribution < 1.29 is 109 Å². The highest BCUT2D eigenvalue weighted by molar-refractivity contribution is 5.26. The summed E-state index contributed by atoms with van der Waals surface area (Å²) >= 11 is 0. The van der Waals surface area contributed by atoms with Gasteiger partial charge in [-0.1, -0.05) is 39.3 Å². The van der Waals surface area contributed by atoms with E-state index in [9.17, 15) is 66.4 Å². The summed E-state index contributed by atoms with van der Waals surface area (Å²) in [6.07, 6.45) is -20.5. The molecule has 13 N–H and O–H groups in total. The molecule has 0 radical (unpaired) electrons. The molecule has 8 fully saturated rings. The molecule has 3 saturated carbocycles. The number of hydrogen-bond acceptors (Lipinski definition) is 22. The summed E-state index contributed by atoms with van der Waals surface area (Å²) in [6, 6.07) is 0. The van der Waals surface area contributed by atoms with Crippen molar-refractivity contribution in [3.8, 4) is 0 Å². The van der Waals surface area contributed by atoms with Crippen molar-refractivity contribution in [1.82, 2.24) is 0 Å². The van der Waals surface area contributed by atoms with Crippen molar-refractivity contribution in [3.63, 3.8) is 0 Å². The van der Waals surface area contributed by atoms with Crippen molar-refractivity contribution in [1.29, 1.82) is 0 Å². The first kappa shape index (κ1) is 56.6. The first-order valence-electron chi connectivity index (χ1n) is 26.8. The lowest BCUT2D eigenvalue weighted by Gasteiger charge is -2.58. The van der Waals surface area contributed by atoms with Crippen molar-refractivity contribution in [3.05, 3.63) is 11.6 Å². The molecule has 0 aromatic carbocycles. The van der Waals surface area contributed by atoms with Gasteiger partial charge in [0.2, 0.25) is 0 Å². The van der Waals surface area contributed by atoms with Crippen LogP contribution < -0.4 is 0 Å². The Morgan fingerprint density at radius 2 is 1.23 bits per heavy atom. The molecule has 0 amide bonds. The van der Waals surface area contributed by atoms with Crippen molar-refractivity contribution >= 4 is 0 Å². The van der Waals surface area contributed by atoms with Gasteiger partial charge in [-0.2, -0.15) is 0 Å². The van der Waals surface area contributed by atoms with Gasteiger partial charge in [0.1, 0.15) is 85.5 Å². The van der Waals surface area contributed by atoms with Gasteiger partial charge in [-0.25, -0.2) is 0 Å².